The Hall–Kier alpha value is -2.52. The van der Waals surface area contributed by atoms with Crippen molar-refractivity contribution in [3.8, 4) is 0 Å². The minimum absolute atomic E-state index is 0.0246. The van der Waals surface area contributed by atoms with E-state index in [-0.39, 0.29) is 11.9 Å². The maximum absolute atomic E-state index is 12.6. The van der Waals surface area contributed by atoms with Crippen molar-refractivity contribution in [2.45, 2.75) is 37.0 Å². The molecule has 1 amide bonds. The van der Waals surface area contributed by atoms with E-state index in [2.05, 4.69) is 55.6 Å². The Morgan fingerprint density at radius 1 is 0.926 bits per heavy atom. The molecule has 0 radical (unpaired) electrons. The summed E-state index contributed by atoms with van der Waals surface area (Å²) < 4.78 is 0. The van der Waals surface area contributed by atoms with Gasteiger partial charge in [0.2, 0.25) is 0 Å². The Morgan fingerprint density at radius 3 is 2.22 bits per heavy atom. The maximum Gasteiger partial charge on any atom is 0.251 e. The second kappa shape index (κ2) is 9.43. The Kier molecular flexibility index (Phi) is 6.72. The molecule has 0 aliphatic heterocycles. The first-order valence-corrected chi connectivity index (χ1v) is 10.3. The fourth-order valence-corrected chi connectivity index (χ4v) is 3.76. The Balaban J connectivity index is 1.59. The zero-order valence-electron chi connectivity index (χ0n) is 15.8. The molecular weight excluding hydrogens is 350 g/mol. The van der Waals surface area contributed by atoms with E-state index in [0.717, 1.165) is 17.7 Å². The zero-order valence-corrected chi connectivity index (χ0v) is 16.6. The quantitative estimate of drug-likeness (QED) is 0.500. The van der Waals surface area contributed by atoms with Crippen LogP contribution in [0.4, 0.5) is 0 Å². The van der Waals surface area contributed by atoms with Gasteiger partial charge in [0, 0.05) is 16.2 Å². The standard InChI is InChI=1S/C24H25NOS/c1-3-23(20-7-5-4-6-8-20)25-24(26)21-13-11-19(12-14-21)17-27-22-15-9-18(2)10-16-22/h4-16,23H,3,17H2,1-2H3,(H,25,26)/t23-/m1/s1. The summed E-state index contributed by atoms with van der Waals surface area (Å²) in [5.74, 6) is 0.871. The summed E-state index contributed by atoms with van der Waals surface area (Å²) >= 11 is 1.81. The molecule has 0 bridgehead atoms. The van der Waals surface area contributed by atoms with Crippen LogP contribution >= 0.6 is 11.8 Å². The zero-order chi connectivity index (χ0) is 19.1. The van der Waals surface area contributed by atoms with Crippen molar-refractivity contribution in [2.75, 3.05) is 0 Å². The molecule has 2 nitrogen and oxygen atoms in total. The predicted molar refractivity (Wildman–Crippen MR) is 114 cm³/mol. The van der Waals surface area contributed by atoms with Crippen LogP contribution in [0.25, 0.3) is 0 Å². The second-order valence-electron chi connectivity index (χ2n) is 6.64. The van der Waals surface area contributed by atoms with Crippen LogP contribution in [0, 0.1) is 6.92 Å². The van der Waals surface area contributed by atoms with E-state index in [1.54, 1.807) is 0 Å². The minimum Gasteiger partial charge on any atom is -0.345 e. The van der Waals surface area contributed by atoms with Crippen LogP contribution in [0.1, 0.15) is 46.4 Å². The topological polar surface area (TPSA) is 29.1 Å². The number of rotatable bonds is 7. The summed E-state index contributed by atoms with van der Waals surface area (Å²) in [6.07, 6.45) is 0.862. The lowest BCUT2D eigenvalue weighted by molar-refractivity contribution is 0.0935. The first kappa shape index (κ1) is 19.2. The van der Waals surface area contributed by atoms with Gasteiger partial charge >= 0.3 is 0 Å². The SMILES string of the molecule is CC[C@@H](NC(=O)c1ccc(CSc2ccc(C)cc2)cc1)c1ccccc1. The first-order valence-electron chi connectivity index (χ1n) is 9.30. The van der Waals surface area contributed by atoms with E-state index in [4.69, 9.17) is 0 Å². The number of thioether (sulfide) groups is 1. The molecule has 138 valence electrons. The number of nitrogens with one attached hydrogen (secondary N) is 1. The Bertz CT molecular complexity index is 857. The smallest absolute Gasteiger partial charge is 0.251 e. The highest BCUT2D eigenvalue weighted by molar-refractivity contribution is 7.98. The van der Waals surface area contributed by atoms with Crippen LogP contribution in [0.5, 0.6) is 0 Å². The molecular formula is C24H25NOS. The molecule has 1 atom stereocenters. The summed E-state index contributed by atoms with van der Waals surface area (Å²) in [6, 6.07) is 26.6. The number of hydrogen-bond acceptors (Lipinski definition) is 2. The van der Waals surface area contributed by atoms with Gasteiger partial charge in [0.1, 0.15) is 0 Å². The number of benzene rings is 3. The number of hydrogen-bond donors (Lipinski definition) is 1. The predicted octanol–water partition coefficient (Wildman–Crippen LogP) is 6.17. The number of carbonyl (C=O) groups excluding carboxylic acids is 1. The van der Waals surface area contributed by atoms with Gasteiger partial charge in [0.25, 0.3) is 5.91 Å². The van der Waals surface area contributed by atoms with Gasteiger partial charge in [-0.1, -0.05) is 67.1 Å². The number of aryl methyl sites for hydroxylation is 1. The van der Waals surface area contributed by atoms with Crippen LogP contribution in [0.15, 0.2) is 83.8 Å². The monoisotopic (exact) mass is 375 g/mol. The highest BCUT2D eigenvalue weighted by Gasteiger charge is 2.13. The van der Waals surface area contributed by atoms with Gasteiger partial charge in [-0.25, -0.2) is 0 Å². The molecule has 0 saturated heterocycles. The van der Waals surface area contributed by atoms with Crippen LogP contribution in [-0.2, 0) is 5.75 Å². The molecule has 0 spiro atoms. The van der Waals surface area contributed by atoms with Crippen molar-refractivity contribution in [2.24, 2.45) is 0 Å². The van der Waals surface area contributed by atoms with Gasteiger partial charge in [0.15, 0.2) is 0 Å². The van der Waals surface area contributed by atoms with Crippen molar-refractivity contribution in [1.82, 2.24) is 5.32 Å². The third kappa shape index (κ3) is 5.48. The average molecular weight is 376 g/mol. The lowest BCUT2D eigenvalue weighted by atomic mass is 10.0. The fraction of sp³-hybridized carbons (Fsp3) is 0.208. The van der Waals surface area contributed by atoms with Gasteiger partial charge in [-0.15, -0.1) is 11.8 Å². The molecule has 0 fully saturated rings. The first-order chi connectivity index (χ1) is 13.2. The number of carbonyl (C=O) groups is 1. The average Bonchev–Trinajstić information content (AvgIpc) is 2.72. The van der Waals surface area contributed by atoms with E-state index in [0.29, 0.717) is 5.56 Å². The van der Waals surface area contributed by atoms with Gasteiger partial charge in [-0.2, -0.15) is 0 Å². The summed E-state index contributed by atoms with van der Waals surface area (Å²) in [5.41, 5.74) is 4.33. The van der Waals surface area contributed by atoms with Gasteiger partial charge in [-0.3, -0.25) is 4.79 Å². The molecule has 0 unspecified atom stereocenters. The van der Waals surface area contributed by atoms with E-state index < -0.39 is 0 Å². The molecule has 0 aliphatic rings. The number of amides is 1. The lowest BCUT2D eigenvalue weighted by Gasteiger charge is -2.17. The van der Waals surface area contributed by atoms with Crippen molar-refractivity contribution in [3.63, 3.8) is 0 Å². The van der Waals surface area contributed by atoms with E-state index in [1.165, 1.54) is 16.0 Å². The lowest BCUT2D eigenvalue weighted by Crippen LogP contribution is -2.28. The van der Waals surface area contributed by atoms with E-state index in [9.17, 15) is 4.79 Å². The molecule has 1 N–H and O–H groups in total. The van der Waals surface area contributed by atoms with Gasteiger partial charge in [-0.05, 0) is 48.7 Å². The molecule has 27 heavy (non-hydrogen) atoms. The highest BCUT2D eigenvalue weighted by atomic mass is 32.2. The molecule has 3 aromatic rings. The molecule has 0 saturated carbocycles. The van der Waals surface area contributed by atoms with Crippen molar-refractivity contribution in [3.05, 3.63) is 101 Å². The molecule has 3 aromatic carbocycles. The second-order valence-corrected chi connectivity index (χ2v) is 7.69. The van der Waals surface area contributed by atoms with Crippen LogP contribution < -0.4 is 5.32 Å². The summed E-state index contributed by atoms with van der Waals surface area (Å²) in [7, 11) is 0. The van der Waals surface area contributed by atoms with Crippen molar-refractivity contribution in [1.29, 1.82) is 0 Å². The molecule has 0 aromatic heterocycles. The van der Waals surface area contributed by atoms with Crippen LogP contribution in [0.2, 0.25) is 0 Å². The van der Waals surface area contributed by atoms with Crippen LogP contribution in [0.3, 0.4) is 0 Å². The summed E-state index contributed by atoms with van der Waals surface area (Å²) in [5, 5.41) is 3.14. The van der Waals surface area contributed by atoms with Crippen molar-refractivity contribution >= 4 is 17.7 Å². The normalized spacial score (nSPS) is 11.8. The summed E-state index contributed by atoms with van der Waals surface area (Å²) in [4.78, 5) is 13.9. The van der Waals surface area contributed by atoms with E-state index >= 15 is 0 Å². The third-order valence-electron chi connectivity index (χ3n) is 4.56. The minimum atomic E-state index is -0.0246. The summed E-state index contributed by atoms with van der Waals surface area (Å²) in [6.45, 7) is 4.18. The van der Waals surface area contributed by atoms with Crippen molar-refractivity contribution < 1.29 is 4.79 Å². The van der Waals surface area contributed by atoms with E-state index in [1.807, 2.05) is 54.2 Å². The van der Waals surface area contributed by atoms with Gasteiger partial charge in [0.05, 0.1) is 6.04 Å². The largest absolute Gasteiger partial charge is 0.345 e. The van der Waals surface area contributed by atoms with Gasteiger partial charge < -0.3 is 5.32 Å². The molecule has 0 heterocycles. The Labute approximate surface area is 166 Å². The third-order valence-corrected chi connectivity index (χ3v) is 5.64. The Morgan fingerprint density at radius 2 is 1.59 bits per heavy atom. The highest BCUT2D eigenvalue weighted by Crippen LogP contribution is 2.23. The molecule has 0 aliphatic carbocycles. The van der Waals surface area contributed by atoms with Crippen LogP contribution in [-0.4, -0.2) is 5.91 Å². The fourth-order valence-electron chi connectivity index (χ4n) is 2.90. The molecule has 3 rings (SSSR count). The molecule has 3 heteroatoms. The maximum atomic E-state index is 12.6.